The van der Waals surface area contributed by atoms with Crippen LogP contribution in [-0.2, 0) is 6.18 Å². The summed E-state index contributed by atoms with van der Waals surface area (Å²) in [6.07, 6.45) is -2.52. The first-order valence-corrected chi connectivity index (χ1v) is 10.3. The highest BCUT2D eigenvalue weighted by Crippen LogP contribution is 2.36. The van der Waals surface area contributed by atoms with Gasteiger partial charge in [-0.15, -0.1) is 0 Å². The average molecular weight is 443 g/mol. The molecule has 0 atom stereocenters. The number of amides is 1. The summed E-state index contributed by atoms with van der Waals surface area (Å²) in [4.78, 5) is 14.6. The minimum absolute atomic E-state index is 0.0575. The van der Waals surface area contributed by atoms with Crippen molar-refractivity contribution in [1.29, 1.82) is 0 Å². The molecule has 1 aliphatic rings. The first-order chi connectivity index (χ1) is 14.8. The van der Waals surface area contributed by atoms with Crippen molar-refractivity contribution < 1.29 is 18.0 Å². The van der Waals surface area contributed by atoms with Crippen molar-refractivity contribution in [3.63, 3.8) is 0 Å². The molecule has 0 aromatic heterocycles. The number of rotatable bonds is 3. The number of anilines is 2. The Morgan fingerprint density at radius 1 is 0.935 bits per heavy atom. The van der Waals surface area contributed by atoms with E-state index in [9.17, 15) is 18.0 Å². The molecule has 0 aliphatic carbocycles. The second kappa shape index (κ2) is 8.55. The van der Waals surface area contributed by atoms with E-state index in [1.54, 1.807) is 12.1 Å². The molecule has 0 saturated carbocycles. The normalized spacial score (nSPS) is 14.0. The minimum atomic E-state index is -4.48. The molecule has 1 heterocycles. The topological polar surface area (TPSA) is 44.4 Å². The van der Waals surface area contributed by atoms with E-state index in [0.717, 1.165) is 48.8 Å². The smallest absolute Gasteiger partial charge is 0.370 e. The summed E-state index contributed by atoms with van der Waals surface area (Å²) < 4.78 is 39.7. The Hall–Kier alpha value is -3.13. The number of alkyl halides is 3. The third kappa shape index (κ3) is 4.80. The number of fused-ring (bicyclic) bond motifs is 1. The van der Waals surface area contributed by atoms with Gasteiger partial charge in [-0.3, -0.25) is 10.1 Å². The molecule has 1 amide bonds. The molecular formula is C23H20F3N3OS. The van der Waals surface area contributed by atoms with Gasteiger partial charge in [0.05, 0.1) is 16.9 Å². The van der Waals surface area contributed by atoms with Gasteiger partial charge >= 0.3 is 6.18 Å². The molecule has 4 rings (SSSR count). The largest absolute Gasteiger partial charge is 0.416 e. The number of benzene rings is 3. The molecule has 0 unspecified atom stereocenters. The van der Waals surface area contributed by atoms with Gasteiger partial charge in [-0.2, -0.15) is 13.2 Å². The monoisotopic (exact) mass is 443 g/mol. The lowest BCUT2D eigenvalue weighted by Gasteiger charge is -2.23. The maximum Gasteiger partial charge on any atom is 0.416 e. The van der Waals surface area contributed by atoms with E-state index in [4.69, 9.17) is 12.2 Å². The summed E-state index contributed by atoms with van der Waals surface area (Å²) >= 11 is 5.24. The fraction of sp³-hybridized carbons (Fsp3) is 0.217. The van der Waals surface area contributed by atoms with Crippen LogP contribution in [0.2, 0.25) is 0 Å². The second-order valence-corrected chi connectivity index (χ2v) is 7.80. The summed E-state index contributed by atoms with van der Waals surface area (Å²) in [6, 6.07) is 16.4. The molecule has 160 valence electrons. The molecule has 0 radical (unpaired) electrons. The molecule has 4 nitrogen and oxygen atoms in total. The van der Waals surface area contributed by atoms with Gasteiger partial charge in [0.2, 0.25) is 0 Å². The molecule has 8 heteroatoms. The Morgan fingerprint density at radius 2 is 1.65 bits per heavy atom. The lowest BCUT2D eigenvalue weighted by molar-refractivity contribution is -0.137. The zero-order chi connectivity index (χ0) is 22.0. The molecule has 0 spiro atoms. The van der Waals surface area contributed by atoms with Crippen molar-refractivity contribution in [2.75, 3.05) is 23.3 Å². The van der Waals surface area contributed by atoms with Crippen LogP contribution in [0.4, 0.5) is 24.5 Å². The van der Waals surface area contributed by atoms with E-state index in [2.05, 4.69) is 10.6 Å². The quantitative estimate of drug-likeness (QED) is 0.519. The van der Waals surface area contributed by atoms with Gasteiger partial charge < -0.3 is 10.2 Å². The standard InChI is InChI=1S/C23H20F3N3OS/c24-23(25,26)18-9-10-20(29-11-3-4-12-29)19(14-18)27-22(31)28-21(30)17-8-7-15-5-1-2-6-16(15)13-17/h1-2,5-10,13-14H,3-4,11-12H2,(H2,27,28,30,31). The van der Waals surface area contributed by atoms with Crippen LogP contribution in [0.15, 0.2) is 60.7 Å². The van der Waals surface area contributed by atoms with Crippen molar-refractivity contribution in [1.82, 2.24) is 5.32 Å². The van der Waals surface area contributed by atoms with Crippen molar-refractivity contribution in [2.45, 2.75) is 19.0 Å². The third-order valence-corrected chi connectivity index (χ3v) is 5.46. The van der Waals surface area contributed by atoms with Gasteiger partial charge in [0.25, 0.3) is 5.91 Å². The number of hydrogen-bond donors (Lipinski definition) is 2. The summed E-state index contributed by atoms with van der Waals surface area (Å²) in [5.41, 5.74) is 0.488. The maximum absolute atomic E-state index is 13.2. The van der Waals surface area contributed by atoms with Gasteiger partial charge in [-0.25, -0.2) is 0 Å². The number of nitrogens with one attached hydrogen (secondary N) is 2. The minimum Gasteiger partial charge on any atom is -0.370 e. The molecular weight excluding hydrogens is 423 g/mol. The summed E-state index contributed by atoms with van der Waals surface area (Å²) in [5, 5.41) is 7.21. The third-order valence-electron chi connectivity index (χ3n) is 5.26. The summed E-state index contributed by atoms with van der Waals surface area (Å²) in [6.45, 7) is 1.52. The van der Waals surface area contributed by atoms with E-state index in [0.29, 0.717) is 11.3 Å². The van der Waals surface area contributed by atoms with E-state index >= 15 is 0 Å². The van der Waals surface area contributed by atoms with Gasteiger partial charge in [0.1, 0.15) is 0 Å². The Kier molecular flexibility index (Phi) is 5.82. The van der Waals surface area contributed by atoms with Crippen LogP contribution < -0.4 is 15.5 Å². The van der Waals surface area contributed by atoms with E-state index < -0.39 is 17.6 Å². The van der Waals surface area contributed by atoms with Gasteiger partial charge in [-0.05, 0) is 66.2 Å². The van der Waals surface area contributed by atoms with E-state index in [1.807, 2.05) is 35.2 Å². The Labute approximate surface area is 183 Å². The molecule has 1 fully saturated rings. The number of nitrogens with zero attached hydrogens (tertiary/aromatic N) is 1. The first kappa shape index (κ1) is 21.1. The lowest BCUT2D eigenvalue weighted by atomic mass is 10.1. The van der Waals surface area contributed by atoms with Crippen LogP contribution in [0.1, 0.15) is 28.8 Å². The Bertz CT molecular complexity index is 1140. The molecule has 3 aromatic rings. The molecule has 31 heavy (non-hydrogen) atoms. The predicted octanol–water partition coefficient (Wildman–Crippen LogP) is 5.59. The number of carbonyl (C=O) groups excluding carboxylic acids is 1. The number of carbonyl (C=O) groups is 1. The van der Waals surface area contributed by atoms with Crippen LogP contribution >= 0.6 is 12.2 Å². The van der Waals surface area contributed by atoms with Crippen LogP contribution in [0.3, 0.4) is 0 Å². The van der Waals surface area contributed by atoms with Crippen LogP contribution in [0, 0.1) is 0 Å². The van der Waals surface area contributed by atoms with Crippen molar-refractivity contribution in [3.05, 3.63) is 71.8 Å². The zero-order valence-corrected chi connectivity index (χ0v) is 17.3. The number of hydrogen-bond acceptors (Lipinski definition) is 3. The molecule has 1 saturated heterocycles. The maximum atomic E-state index is 13.2. The number of halogens is 3. The van der Waals surface area contributed by atoms with Crippen molar-refractivity contribution in [3.8, 4) is 0 Å². The second-order valence-electron chi connectivity index (χ2n) is 7.39. The molecule has 1 aliphatic heterocycles. The predicted molar refractivity (Wildman–Crippen MR) is 121 cm³/mol. The highest BCUT2D eigenvalue weighted by Gasteiger charge is 2.32. The lowest BCUT2D eigenvalue weighted by Crippen LogP contribution is -2.34. The van der Waals surface area contributed by atoms with Gasteiger partial charge in [0, 0.05) is 18.7 Å². The fourth-order valence-corrected chi connectivity index (χ4v) is 3.91. The number of thiocarbonyl (C=S) groups is 1. The first-order valence-electron chi connectivity index (χ1n) is 9.88. The summed E-state index contributed by atoms with van der Waals surface area (Å²) in [5.74, 6) is -0.432. The van der Waals surface area contributed by atoms with E-state index in [1.165, 1.54) is 6.07 Å². The zero-order valence-electron chi connectivity index (χ0n) is 16.5. The molecule has 2 N–H and O–H groups in total. The fourth-order valence-electron chi connectivity index (χ4n) is 3.71. The van der Waals surface area contributed by atoms with Crippen LogP contribution in [0.5, 0.6) is 0 Å². The highest BCUT2D eigenvalue weighted by molar-refractivity contribution is 7.80. The Morgan fingerprint density at radius 3 is 2.35 bits per heavy atom. The Balaban J connectivity index is 1.54. The van der Waals surface area contributed by atoms with Gasteiger partial charge in [-0.1, -0.05) is 30.3 Å². The SMILES string of the molecule is O=C(NC(=S)Nc1cc(C(F)(F)F)ccc1N1CCCC1)c1ccc2ccccc2c1. The van der Waals surface area contributed by atoms with Gasteiger partial charge in [0.15, 0.2) is 5.11 Å². The van der Waals surface area contributed by atoms with Crippen LogP contribution in [-0.4, -0.2) is 24.1 Å². The molecule has 3 aromatic carbocycles. The summed E-state index contributed by atoms with van der Waals surface area (Å²) in [7, 11) is 0. The average Bonchev–Trinajstić information content (AvgIpc) is 3.27. The molecule has 0 bridgehead atoms. The highest BCUT2D eigenvalue weighted by atomic mass is 32.1. The van der Waals surface area contributed by atoms with Crippen molar-refractivity contribution >= 4 is 45.4 Å². The van der Waals surface area contributed by atoms with Crippen LogP contribution in [0.25, 0.3) is 10.8 Å². The van der Waals surface area contributed by atoms with E-state index in [-0.39, 0.29) is 10.8 Å². The van der Waals surface area contributed by atoms with Crippen molar-refractivity contribution in [2.24, 2.45) is 0 Å².